The van der Waals surface area contributed by atoms with Gasteiger partial charge in [-0.2, -0.15) is 0 Å². The molecule has 0 amide bonds. The first kappa shape index (κ1) is 11.3. The minimum absolute atomic E-state index is 1.10. The maximum Gasteiger partial charge on any atom is 0.0431 e. The lowest BCUT2D eigenvalue weighted by molar-refractivity contribution is 0.440. The van der Waals surface area contributed by atoms with E-state index in [0.29, 0.717) is 0 Å². The minimum Gasteiger partial charge on any atom is -0.372 e. The molecule has 1 aliphatic carbocycles. The molecular formula is C15H21N. The zero-order chi connectivity index (χ0) is 11.5. The summed E-state index contributed by atoms with van der Waals surface area (Å²) in [5.41, 5.74) is 5.85. The van der Waals surface area contributed by atoms with Crippen LogP contribution in [0.2, 0.25) is 0 Å². The first-order valence-electron chi connectivity index (χ1n) is 6.30. The molecule has 2 rings (SSSR count). The predicted octanol–water partition coefficient (Wildman–Crippen LogP) is 3.84. The largest absolute Gasteiger partial charge is 0.372 e. The molecule has 0 spiro atoms. The predicted molar refractivity (Wildman–Crippen MR) is 70.3 cm³/mol. The molecule has 1 saturated carbocycles. The third-order valence-corrected chi connectivity index (χ3v) is 3.24. The summed E-state index contributed by atoms with van der Waals surface area (Å²) in [6, 6.07) is 8.94. The van der Waals surface area contributed by atoms with Crippen molar-refractivity contribution in [3.63, 3.8) is 0 Å². The Balaban J connectivity index is 2.34. The van der Waals surface area contributed by atoms with Gasteiger partial charge in [0.25, 0.3) is 0 Å². The van der Waals surface area contributed by atoms with E-state index < -0.39 is 0 Å². The van der Waals surface area contributed by atoms with E-state index in [0.717, 1.165) is 13.1 Å². The van der Waals surface area contributed by atoms with Crippen molar-refractivity contribution >= 4 is 5.70 Å². The third-order valence-electron chi connectivity index (χ3n) is 3.24. The number of hydrogen-bond acceptors (Lipinski definition) is 1. The smallest absolute Gasteiger partial charge is 0.0431 e. The summed E-state index contributed by atoms with van der Waals surface area (Å²) in [6.07, 6.45) is 2.58. The molecule has 0 radical (unpaired) electrons. The van der Waals surface area contributed by atoms with Crippen LogP contribution < -0.4 is 0 Å². The van der Waals surface area contributed by atoms with E-state index in [1.807, 2.05) is 0 Å². The van der Waals surface area contributed by atoms with Gasteiger partial charge in [-0.25, -0.2) is 0 Å². The van der Waals surface area contributed by atoms with Gasteiger partial charge in [0.15, 0.2) is 0 Å². The van der Waals surface area contributed by atoms with Crippen LogP contribution in [-0.2, 0) is 0 Å². The molecule has 1 aromatic carbocycles. The number of hydrogen-bond donors (Lipinski definition) is 0. The summed E-state index contributed by atoms with van der Waals surface area (Å²) >= 11 is 0. The van der Waals surface area contributed by atoms with E-state index in [-0.39, 0.29) is 0 Å². The van der Waals surface area contributed by atoms with Crippen LogP contribution >= 0.6 is 0 Å². The van der Waals surface area contributed by atoms with Crippen LogP contribution in [0.4, 0.5) is 0 Å². The number of rotatable bonds is 4. The van der Waals surface area contributed by atoms with Crippen molar-refractivity contribution in [2.75, 3.05) is 13.1 Å². The average Bonchev–Trinajstić information content (AvgIpc) is 3.11. The molecule has 1 fully saturated rings. The summed E-state index contributed by atoms with van der Waals surface area (Å²) in [4.78, 5) is 2.48. The van der Waals surface area contributed by atoms with E-state index >= 15 is 0 Å². The average molecular weight is 215 g/mol. The Hall–Kier alpha value is -1.24. The topological polar surface area (TPSA) is 3.24 Å². The van der Waals surface area contributed by atoms with Crippen molar-refractivity contribution in [2.45, 2.75) is 33.6 Å². The van der Waals surface area contributed by atoms with Gasteiger partial charge in [0.05, 0.1) is 0 Å². The maximum absolute atomic E-state index is 2.48. The molecular weight excluding hydrogens is 194 g/mol. The normalized spacial score (nSPS) is 13.8. The van der Waals surface area contributed by atoms with E-state index in [1.54, 1.807) is 5.57 Å². The molecule has 0 aliphatic heterocycles. The summed E-state index contributed by atoms with van der Waals surface area (Å²) in [5, 5.41) is 0. The number of allylic oxidation sites excluding steroid dienone is 1. The molecule has 86 valence electrons. The molecule has 1 aromatic rings. The highest BCUT2D eigenvalue weighted by Gasteiger charge is 2.21. The quantitative estimate of drug-likeness (QED) is 0.737. The van der Waals surface area contributed by atoms with Crippen LogP contribution in [-0.4, -0.2) is 18.0 Å². The first-order valence-corrected chi connectivity index (χ1v) is 6.30. The molecule has 0 bridgehead atoms. The summed E-state index contributed by atoms with van der Waals surface area (Å²) < 4.78 is 0. The van der Waals surface area contributed by atoms with Gasteiger partial charge in [-0.3, -0.25) is 0 Å². The maximum atomic E-state index is 2.48. The Labute approximate surface area is 98.8 Å². The van der Waals surface area contributed by atoms with Gasteiger partial charge in [0.2, 0.25) is 0 Å². The van der Waals surface area contributed by atoms with Gasteiger partial charge in [-0.1, -0.05) is 29.8 Å². The molecule has 0 unspecified atom stereocenters. The molecule has 1 aliphatic rings. The lowest BCUT2D eigenvalue weighted by atomic mass is 10.1. The first-order chi connectivity index (χ1) is 7.76. The van der Waals surface area contributed by atoms with Gasteiger partial charge in [0.1, 0.15) is 0 Å². The summed E-state index contributed by atoms with van der Waals surface area (Å²) in [5.74, 6) is 0. The number of benzene rings is 1. The fourth-order valence-electron chi connectivity index (χ4n) is 2.16. The second kappa shape index (κ2) is 4.73. The Bertz CT molecular complexity index is 376. The van der Waals surface area contributed by atoms with Crippen LogP contribution in [0.1, 0.15) is 37.8 Å². The zero-order valence-corrected chi connectivity index (χ0v) is 10.6. The lowest BCUT2D eigenvalue weighted by Gasteiger charge is -2.25. The van der Waals surface area contributed by atoms with Crippen LogP contribution in [0.3, 0.4) is 0 Å². The number of nitrogens with zero attached hydrogens (tertiary/aromatic N) is 1. The van der Waals surface area contributed by atoms with Crippen molar-refractivity contribution in [2.24, 2.45) is 0 Å². The van der Waals surface area contributed by atoms with Gasteiger partial charge >= 0.3 is 0 Å². The van der Waals surface area contributed by atoms with Gasteiger partial charge in [-0.05, 0) is 44.7 Å². The Kier molecular flexibility index (Phi) is 3.33. The van der Waals surface area contributed by atoms with Crippen molar-refractivity contribution in [1.29, 1.82) is 0 Å². The second-order valence-corrected chi connectivity index (χ2v) is 4.49. The van der Waals surface area contributed by atoms with Crippen LogP contribution in [0.5, 0.6) is 0 Å². The van der Waals surface area contributed by atoms with Crippen LogP contribution in [0.15, 0.2) is 29.8 Å². The summed E-state index contributed by atoms with van der Waals surface area (Å²) in [7, 11) is 0. The van der Waals surface area contributed by atoms with Crippen LogP contribution in [0, 0.1) is 6.92 Å². The highest BCUT2D eigenvalue weighted by atomic mass is 15.1. The van der Waals surface area contributed by atoms with Crippen molar-refractivity contribution < 1.29 is 0 Å². The molecule has 0 saturated heterocycles. The van der Waals surface area contributed by atoms with Gasteiger partial charge in [-0.15, -0.1) is 0 Å². The fourth-order valence-corrected chi connectivity index (χ4v) is 2.16. The minimum atomic E-state index is 1.10. The number of aryl methyl sites for hydroxylation is 1. The van der Waals surface area contributed by atoms with Crippen molar-refractivity contribution in [3.05, 3.63) is 41.0 Å². The van der Waals surface area contributed by atoms with E-state index in [9.17, 15) is 0 Å². The molecule has 1 nitrogen and oxygen atoms in total. The van der Waals surface area contributed by atoms with Gasteiger partial charge < -0.3 is 4.90 Å². The second-order valence-electron chi connectivity index (χ2n) is 4.49. The SMILES string of the molecule is CCN(CC)C(=C1CC1)c1ccc(C)cc1. The molecule has 1 heteroatoms. The third kappa shape index (κ3) is 2.29. The molecule has 0 aromatic heterocycles. The Morgan fingerprint density at radius 3 is 2.06 bits per heavy atom. The molecule has 0 atom stereocenters. The Morgan fingerprint density at radius 1 is 1.06 bits per heavy atom. The van der Waals surface area contributed by atoms with Crippen LogP contribution in [0.25, 0.3) is 5.70 Å². The standard InChI is InChI=1S/C15H21N/c1-4-16(5-2)15(14-10-11-14)13-8-6-12(3)7-9-13/h6-9H,4-5,10-11H2,1-3H3. The molecule has 0 heterocycles. The lowest BCUT2D eigenvalue weighted by Crippen LogP contribution is -2.21. The van der Waals surface area contributed by atoms with Gasteiger partial charge in [0, 0.05) is 18.8 Å². The summed E-state index contributed by atoms with van der Waals surface area (Å²) in [6.45, 7) is 8.82. The fraction of sp³-hybridized carbons (Fsp3) is 0.467. The highest BCUT2D eigenvalue weighted by Crippen LogP contribution is 2.38. The van der Waals surface area contributed by atoms with Crippen molar-refractivity contribution in [1.82, 2.24) is 4.90 Å². The molecule has 16 heavy (non-hydrogen) atoms. The van der Waals surface area contributed by atoms with E-state index in [4.69, 9.17) is 0 Å². The monoisotopic (exact) mass is 215 g/mol. The zero-order valence-electron chi connectivity index (χ0n) is 10.6. The van der Waals surface area contributed by atoms with E-state index in [1.165, 1.54) is 29.7 Å². The highest BCUT2D eigenvalue weighted by molar-refractivity contribution is 5.70. The van der Waals surface area contributed by atoms with E-state index in [2.05, 4.69) is 49.9 Å². The molecule has 0 N–H and O–H groups in total. The van der Waals surface area contributed by atoms with Crippen molar-refractivity contribution in [3.8, 4) is 0 Å². The Morgan fingerprint density at radius 2 is 1.62 bits per heavy atom.